The predicted molar refractivity (Wildman–Crippen MR) is 90.6 cm³/mol. The number of carbonyl (C=O) groups excluding carboxylic acids is 2. The van der Waals surface area contributed by atoms with E-state index in [9.17, 15) is 9.59 Å². The Hall–Kier alpha value is -2.53. The minimum Gasteiger partial charge on any atom is -0.452 e. The first-order chi connectivity index (χ1) is 11.0. The number of nitrogens with two attached hydrogens (primary N) is 1. The molecule has 0 saturated carbocycles. The topological polar surface area (TPSA) is 81.4 Å². The van der Waals surface area contributed by atoms with Crippen molar-refractivity contribution < 1.29 is 14.3 Å². The predicted octanol–water partition coefficient (Wildman–Crippen LogP) is 3.28. The van der Waals surface area contributed by atoms with Gasteiger partial charge in [-0.2, -0.15) is 0 Å². The Labute approximate surface area is 139 Å². The number of carbonyl (C=O) groups is 2. The van der Waals surface area contributed by atoms with E-state index in [-0.39, 0.29) is 16.3 Å². The molecular weight excluding hydrogens is 316 g/mol. The van der Waals surface area contributed by atoms with Crippen molar-refractivity contribution in [1.82, 2.24) is 0 Å². The maximum Gasteiger partial charge on any atom is 0.340 e. The molecule has 0 atom stereocenters. The molecule has 0 spiro atoms. The van der Waals surface area contributed by atoms with E-state index in [1.807, 2.05) is 25.1 Å². The van der Waals surface area contributed by atoms with E-state index in [4.69, 9.17) is 22.1 Å². The molecule has 5 nitrogen and oxygen atoms in total. The van der Waals surface area contributed by atoms with Gasteiger partial charge in [-0.05, 0) is 30.2 Å². The van der Waals surface area contributed by atoms with Gasteiger partial charge in [0, 0.05) is 5.69 Å². The lowest BCUT2D eigenvalue weighted by atomic mass is 10.1. The van der Waals surface area contributed by atoms with E-state index < -0.39 is 18.5 Å². The molecule has 0 aromatic heterocycles. The van der Waals surface area contributed by atoms with Crippen molar-refractivity contribution in [1.29, 1.82) is 0 Å². The van der Waals surface area contributed by atoms with Crippen LogP contribution in [-0.2, 0) is 16.0 Å². The number of hydrogen-bond donors (Lipinski definition) is 2. The molecule has 1 amide bonds. The smallest absolute Gasteiger partial charge is 0.340 e. The van der Waals surface area contributed by atoms with Gasteiger partial charge in [-0.3, -0.25) is 4.79 Å². The van der Waals surface area contributed by atoms with Gasteiger partial charge in [0.1, 0.15) is 0 Å². The molecule has 0 aliphatic carbocycles. The van der Waals surface area contributed by atoms with E-state index in [2.05, 4.69) is 5.32 Å². The number of amides is 1. The molecule has 2 aromatic carbocycles. The van der Waals surface area contributed by atoms with Gasteiger partial charge in [0.15, 0.2) is 6.61 Å². The standard InChI is InChI=1S/C17H17ClN2O3/c1-2-11-6-3-4-9-14(11)20-15(21)10-23-17(22)12-7-5-8-13(18)16(12)19/h3-9H,2,10,19H2,1H3,(H,20,21). The van der Waals surface area contributed by atoms with Crippen molar-refractivity contribution >= 4 is 34.9 Å². The van der Waals surface area contributed by atoms with Crippen LogP contribution in [0.2, 0.25) is 5.02 Å². The molecule has 2 rings (SSSR count). The summed E-state index contributed by atoms with van der Waals surface area (Å²) in [6.45, 7) is 1.59. The molecule has 120 valence electrons. The van der Waals surface area contributed by atoms with Crippen molar-refractivity contribution in [2.45, 2.75) is 13.3 Å². The summed E-state index contributed by atoms with van der Waals surface area (Å²) in [4.78, 5) is 23.9. The van der Waals surface area contributed by atoms with Crippen LogP contribution >= 0.6 is 11.6 Å². The van der Waals surface area contributed by atoms with Gasteiger partial charge in [0.25, 0.3) is 5.91 Å². The summed E-state index contributed by atoms with van der Waals surface area (Å²) in [7, 11) is 0. The first-order valence-electron chi connectivity index (χ1n) is 7.11. The number of aryl methyl sites for hydroxylation is 1. The highest BCUT2D eigenvalue weighted by Gasteiger charge is 2.15. The van der Waals surface area contributed by atoms with Gasteiger partial charge < -0.3 is 15.8 Å². The van der Waals surface area contributed by atoms with Crippen LogP contribution in [0.15, 0.2) is 42.5 Å². The summed E-state index contributed by atoms with van der Waals surface area (Å²) in [5, 5.41) is 2.99. The number of anilines is 2. The fourth-order valence-corrected chi connectivity index (χ4v) is 2.24. The van der Waals surface area contributed by atoms with Crippen molar-refractivity contribution in [2.24, 2.45) is 0 Å². The number of esters is 1. The Balaban J connectivity index is 1.96. The molecule has 6 heteroatoms. The highest BCUT2D eigenvalue weighted by molar-refractivity contribution is 6.33. The third-order valence-electron chi connectivity index (χ3n) is 3.28. The van der Waals surface area contributed by atoms with Crippen LogP contribution in [0, 0.1) is 0 Å². The number of hydrogen-bond acceptors (Lipinski definition) is 4. The lowest BCUT2D eigenvalue weighted by Crippen LogP contribution is -2.22. The number of benzene rings is 2. The van der Waals surface area contributed by atoms with Crippen molar-refractivity contribution in [3.05, 3.63) is 58.6 Å². The van der Waals surface area contributed by atoms with Crippen LogP contribution in [0.25, 0.3) is 0 Å². The fraction of sp³-hybridized carbons (Fsp3) is 0.176. The summed E-state index contributed by atoms with van der Waals surface area (Å²) in [6.07, 6.45) is 0.787. The van der Waals surface area contributed by atoms with Gasteiger partial charge >= 0.3 is 5.97 Å². The largest absolute Gasteiger partial charge is 0.452 e. The minimum atomic E-state index is -0.691. The normalized spacial score (nSPS) is 10.2. The monoisotopic (exact) mass is 332 g/mol. The van der Waals surface area contributed by atoms with Gasteiger partial charge in [-0.15, -0.1) is 0 Å². The second-order valence-electron chi connectivity index (χ2n) is 4.84. The number of nitrogens with one attached hydrogen (secondary N) is 1. The Morgan fingerprint density at radius 3 is 2.65 bits per heavy atom. The maximum atomic E-state index is 12.0. The zero-order chi connectivity index (χ0) is 16.8. The second kappa shape index (κ2) is 7.65. The Morgan fingerprint density at radius 1 is 1.17 bits per heavy atom. The zero-order valence-electron chi connectivity index (χ0n) is 12.6. The van der Waals surface area contributed by atoms with Gasteiger partial charge in [-0.1, -0.05) is 42.8 Å². The van der Waals surface area contributed by atoms with E-state index in [0.29, 0.717) is 5.69 Å². The van der Waals surface area contributed by atoms with Crippen LogP contribution in [0.3, 0.4) is 0 Å². The first kappa shape index (κ1) is 16.8. The van der Waals surface area contributed by atoms with Crippen LogP contribution in [0.1, 0.15) is 22.8 Å². The molecule has 0 unspecified atom stereocenters. The molecule has 0 radical (unpaired) electrons. The Kier molecular flexibility index (Phi) is 5.60. The molecule has 0 fully saturated rings. The van der Waals surface area contributed by atoms with E-state index in [1.165, 1.54) is 6.07 Å². The average molecular weight is 333 g/mol. The summed E-state index contributed by atoms with van der Waals surface area (Å²) in [5.74, 6) is -1.11. The highest BCUT2D eigenvalue weighted by Crippen LogP contribution is 2.23. The van der Waals surface area contributed by atoms with E-state index >= 15 is 0 Å². The molecule has 0 aliphatic rings. The van der Waals surface area contributed by atoms with E-state index in [0.717, 1.165) is 12.0 Å². The molecule has 0 heterocycles. The third kappa shape index (κ3) is 4.23. The van der Waals surface area contributed by atoms with Crippen molar-refractivity contribution in [2.75, 3.05) is 17.7 Å². The summed E-state index contributed by atoms with van der Waals surface area (Å²) in [5.41, 5.74) is 7.70. The maximum absolute atomic E-state index is 12.0. The number of rotatable bonds is 5. The van der Waals surface area contributed by atoms with Crippen LogP contribution in [0.4, 0.5) is 11.4 Å². The zero-order valence-corrected chi connectivity index (χ0v) is 13.4. The molecule has 0 bridgehead atoms. The highest BCUT2D eigenvalue weighted by atomic mass is 35.5. The quantitative estimate of drug-likeness (QED) is 0.650. The fourth-order valence-electron chi connectivity index (χ4n) is 2.06. The molecule has 0 saturated heterocycles. The Morgan fingerprint density at radius 2 is 1.91 bits per heavy atom. The van der Waals surface area contributed by atoms with Gasteiger partial charge in [0.2, 0.25) is 0 Å². The van der Waals surface area contributed by atoms with Crippen LogP contribution in [-0.4, -0.2) is 18.5 Å². The molecule has 23 heavy (non-hydrogen) atoms. The minimum absolute atomic E-state index is 0.135. The lowest BCUT2D eigenvalue weighted by Gasteiger charge is -2.11. The number of nitrogen functional groups attached to an aromatic ring is 1. The molecule has 2 aromatic rings. The SMILES string of the molecule is CCc1ccccc1NC(=O)COC(=O)c1cccc(Cl)c1N. The number of para-hydroxylation sites is 2. The van der Waals surface area contributed by atoms with Crippen molar-refractivity contribution in [3.63, 3.8) is 0 Å². The summed E-state index contributed by atoms with van der Waals surface area (Å²) < 4.78 is 4.98. The average Bonchev–Trinajstić information content (AvgIpc) is 2.55. The second-order valence-corrected chi connectivity index (χ2v) is 5.24. The van der Waals surface area contributed by atoms with Crippen molar-refractivity contribution in [3.8, 4) is 0 Å². The molecule has 0 aliphatic heterocycles. The van der Waals surface area contributed by atoms with Crippen LogP contribution < -0.4 is 11.1 Å². The van der Waals surface area contributed by atoms with E-state index in [1.54, 1.807) is 18.2 Å². The number of halogens is 1. The first-order valence-corrected chi connectivity index (χ1v) is 7.49. The molecule has 3 N–H and O–H groups in total. The van der Waals surface area contributed by atoms with Gasteiger partial charge in [0.05, 0.1) is 16.3 Å². The van der Waals surface area contributed by atoms with Gasteiger partial charge in [-0.25, -0.2) is 4.79 Å². The summed E-state index contributed by atoms with van der Waals surface area (Å²) >= 11 is 5.85. The number of ether oxygens (including phenoxy) is 1. The molecular formula is C17H17ClN2O3. The third-order valence-corrected chi connectivity index (χ3v) is 3.61. The summed E-state index contributed by atoms with van der Waals surface area (Å²) in [6, 6.07) is 12.1. The lowest BCUT2D eigenvalue weighted by molar-refractivity contribution is -0.119. The van der Waals surface area contributed by atoms with Crippen LogP contribution in [0.5, 0.6) is 0 Å². The Bertz CT molecular complexity index is 732.